The average molecular weight is 244 g/mol. The van der Waals surface area contributed by atoms with Gasteiger partial charge in [-0.05, 0) is 25.7 Å². The molecule has 2 heterocycles. The van der Waals surface area contributed by atoms with Crippen LogP contribution in [0, 0.1) is 17.2 Å². The molecule has 1 aromatic heterocycles. The van der Waals surface area contributed by atoms with Gasteiger partial charge in [0.05, 0.1) is 6.10 Å². The quantitative estimate of drug-likeness (QED) is 0.857. The van der Waals surface area contributed by atoms with E-state index in [1.54, 1.807) is 12.4 Å². The van der Waals surface area contributed by atoms with E-state index in [-0.39, 0.29) is 0 Å². The van der Waals surface area contributed by atoms with E-state index in [9.17, 15) is 0 Å². The van der Waals surface area contributed by atoms with Crippen molar-refractivity contribution < 1.29 is 4.74 Å². The summed E-state index contributed by atoms with van der Waals surface area (Å²) >= 11 is 0. The van der Waals surface area contributed by atoms with Crippen LogP contribution in [-0.2, 0) is 4.74 Å². The van der Waals surface area contributed by atoms with Crippen LogP contribution in [-0.4, -0.2) is 28.7 Å². The Kier molecular flexibility index (Phi) is 3.11. The molecule has 2 aliphatic rings. The fourth-order valence-electron chi connectivity index (χ4n) is 3.06. The van der Waals surface area contributed by atoms with Crippen molar-refractivity contribution in [1.82, 2.24) is 9.97 Å². The van der Waals surface area contributed by atoms with Gasteiger partial charge in [0.15, 0.2) is 11.5 Å². The summed E-state index contributed by atoms with van der Waals surface area (Å²) in [5.74, 6) is 1.16. The van der Waals surface area contributed by atoms with Crippen molar-refractivity contribution in [2.75, 3.05) is 11.9 Å². The first kappa shape index (κ1) is 11.4. The molecule has 5 nitrogen and oxygen atoms in total. The largest absolute Gasteiger partial charge is 0.378 e. The van der Waals surface area contributed by atoms with E-state index in [1.165, 1.54) is 6.42 Å². The predicted molar refractivity (Wildman–Crippen MR) is 65.9 cm³/mol. The molecule has 1 N–H and O–H groups in total. The monoisotopic (exact) mass is 244 g/mol. The van der Waals surface area contributed by atoms with Gasteiger partial charge in [0.25, 0.3) is 0 Å². The van der Waals surface area contributed by atoms with Crippen molar-refractivity contribution in [3.05, 3.63) is 18.1 Å². The molecule has 94 valence electrons. The van der Waals surface area contributed by atoms with Gasteiger partial charge in [-0.25, -0.2) is 9.97 Å². The lowest BCUT2D eigenvalue weighted by Crippen LogP contribution is -2.38. The van der Waals surface area contributed by atoms with Crippen LogP contribution in [0.5, 0.6) is 0 Å². The lowest BCUT2D eigenvalue weighted by molar-refractivity contribution is 0.0619. The van der Waals surface area contributed by atoms with Gasteiger partial charge in [-0.1, -0.05) is 0 Å². The van der Waals surface area contributed by atoms with Crippen LogP contribution in [0.3, 0.4) is 0 Å². The number of nitrogens with one attached hydrogen (secondary N) is 1. The van der Waals surface area contributed by atoms with Crippen molar-refractivity contribution in [1.29, 1.82) is 5.26 Å². The predicted octanol–water partition coefficient (Wildman–Crippen LogP) is 1.72. The summed E-state index contributed by atoms with van der Waals surface area (Å²) in [5.41, 5.74) is 0.374. The van der Waals surface area contributed by atoms with Crippen molar-refractivity contribution >= 4 is 5.82 Å². The molecule has 1 aliphatic carbocycles. The molecule has 1 aromatic rings. The molecule has 1 saturated heterocycles. The molecule has 0 bridgehead atoms. The summed E-state index contributed by atoms with van der Waals surface area (Å²) in [7, 11) is 0. The van der Waals surface area contributed by atoms with Crippen molar-refractivity contribution in [3.63, 3.8) is 0 Å². The second kappa shape index (κ2) is 4.91. The highest BCUT2D eigenvalue weighted by Crippen LogP contribution is 2.35. The Labute approximate surface area is 106 Å². The molecule has 0 unspecified atom stereocenters. The minimum atomic E-state index is 0.357. The Morgan fingerprint density at radius 1 is 1.28 bits per heavy atom. The number of fused-ring (bicyclic) bond motifs is 1. The van der Waals surface area contributed by atoms with Gasteiger partial charge >= 0.3 is 0 Å². The number of aromatic nitrogens is 2. The van der Waals surface area contributed by atoms with Crippen molar-refractivity contribution in [2.24, 2.45) is 5.92 Å². The number of anilines is 1. The van der Waals surface area contributed by atoms with Crippen molar-refractivity contribution in [3.8, 4) is 6.07 Å². The highest BCUT2D eigenvalue weighted by molar-refractivity contribution is 5.47. The van der Waals surface area contributed by atoms with Crippen LogP contribution in [0.25, 0.3) is 0 Å². The highest BCUT2D eigenvalue weighted by atomic mass is 16.5. The van der Waals surface area contributed by atoms with Crippen LogP contribution in [0.4, 0.5) is 5.82 Å². The molecular formula is C13H16N4O. The Bertz CT molecular complexity index is 470. The van der Waals surface area contributed by atoms with E-state index >= 15 is 0 Å². The first-order valence-electron chi connectivity index (χ1n) is 6.48. The third kappa shape index (κ3) is 2.04. The maximum absolute atomic E-state index is 9.02. The summed E-state index contributed by atoms with van der Waals surface area (Å²) in [6, 6.07) is 2.43. The van der Waals surface area contributed by atoms with Crippen LogP contribution in [0.2, 0.25) is 0 Å². The molecule has 18 heavy (non-hydrogen) atoms. The molecule has 1 aliphatic heterocycles. The molecule has 0 radical (unpaired) electrons. The summed E-state index contributed by atoms with van der Waals surface area (Å²) < 4.78 is 5.74. The fourth-order valence-corrected chi connectivity index (χ4v) is 3.06. The topological polar surface area (TPSA) is 70.8 Å². The Balaban J connectivity index is 1.77. The molecule has 0 spiro atoms. The Morgan fingerprint density at radius 3 is 3.06 bits per heavy atom. The molecule has 2 fully saturated rings. The van der Waals surface area contributed by atoms with Gasteiger partial charge in [0, 0.05) is 31.0 Å². The minimum absolute atomic E-state index is 0.357. The molecule has 0 amide bonds. The average Bonchev–Trinajstić information content (AvgIpc) is 2.89. The van der Waals surface area contributed by atoms with Gasteiger partial charge in [0.2, 0.25) is 0 Å². The summed E-state index contributed by atoms with van der Waals surface area (Å²) in [4.78, 5) is 8.25. The third-order valence-corrected chi connectivity index (χ3v) is 3.91. The zero-order valence-electron chi connectivity index (χ0n) is 10.2. The summed E-state index contributed by atoms with van der Waals surface area (Å²) in [6.07, 6.45) is 8.10. The number of nitriles is 1. The molecule has 0 aromatic carbocycles. The second-order valence-electron chi connectivity index (χ2n) is 4.91. The van der Waals surface area contributed by atoms with Crippen LogP contribution >= 0.6 is 0 Å². The highest BCUT2D eigenvalue weighted by Gasteiger charge is 2.37. The third-order valence-electron chi connectivity index (χ3n) is 3.91. The van der Waals surface area contributed by atoms with Gasteiger partial charge in [-0.15, -0.1) is 0 Å². The van der Waals surface area contributed by atoms with E-state index in [1.807, 2.05) is 0 Å². The zero-order chi connectivity index (χ0) is 12.4. The molecule has 3 rings (SSSR count). The smallest absolute Gasteiger partial charge is 0.182 e. The van der Waals surface area contributed by atoms with Gasteiger partial charge in [-0.3, -0.25) is 0 Å². The van der Waals surface area contributed by atoms with Gasteiger partial charge < -0.3 is 10.1 Å². The zero-order valence-corrected chi connectivity index (χ0v) is 10.2. The summed E-state index contributed by atoms with van der Waals surface area (Å²) in [5, 5.41) is 12.4. The first-order chi connectivity index (χ1) is 8.88. The minimum Gasteiger partial charge on any atom is -0.378 e. The van der Waals surface area contributed by atoms with Gasteiger partial charge in [0.1, 0.15) is 6.07 Å². The number of ether oxygens (including phenoxy) is 1. The second-order valence-corrected chi connectivity index (χ2v) is 4.91. The lowest BCUT2D eigenvalue weighted by Gasteiger charge is -2.33. The molecule has 5 heteroatoms. The van der Waals surface area contributed by atoms with E-state index in [2.05, 4.69) is 21.4 Å². The van der Waals surface area contributed by atoms with Crippen LogP contribution in [0.1, 0.15) is 31.4 Å². The van der Waals surface area contributed by atoms with Crippen molar-refractivity contribution in [2.45, 2.75) is 37.8 Å². The number of hydrogen-bond donors (Lipinski definition) is 1. The molecule has 1 saturated carbocycles. The summed E-state index contributed by atoms with van der Waals surface area (Å²) in [6.45, 7) is 0.860. The van der Waals surface area contributed by atoms with Gasteiger partial charge in [-0.2, -0.15) is 5.26 Å². The standard InChI is InChI=1S/C13H16N4O/c14-8-11-13(16-6-5-15-11)17-10-2-1-3-12-9(10)4-7-18-12/h5-6,9-10,12H,1-4,7H2,(H,16,17)/t9-,10-,12+/m1/s1. The Hall–Kier alpha value is -1.67. The SMILES string of the molecule is N#Cc1nccnc1N[C@@H]1CCC[C@@H]2OCC[C@@H]21. The number of nitrogens with zero attached hydrogens (tertiary/aromatic N) is 3. The van der Waals surface area contributed by atoms with E-state index in [0.29, 0.717) is 29.6 Å². The first-order valence-corrected chi connectivity index (χ1v) is 6.48. The maximum Gasteiger partial charge on any atom is 0.182 e. The van der Waals surface area contributed by atoms with E-state index < -0.39 is 0 Å². The number of rotatable bonds is 2. The maximum atomic E-state index is 9.02. The lowest BCUT2D eigenvalue weighted by atomic mass is 9.82. The Morgan fingerprint density at radius 2 is 2.17 bits per heavy atom. The van der Waals surface area contributed by atoms with E-state index in [0.717, 1.165) is 25.9 Å². The number of hydrogen-bond acceptors (Lipinski definition) is 5. The molecular weight excluding hydrogens is 228 g/mol. The van der Waals surface area contributed by atoms with E-state index in [4.69, 9.17) is 10.00 Å². The molecule has 3 atom stereocenters. The van der Waals surface area contributed by atoms with Crippen LogP contribution < -0.4 is 5.32 Å². The fraction of sp³-hybridized carbons (Fsp3) is 0.615. The normalized spacial score (nSPS) is 30.5. The van der Waals surface area contributed by atoms with Crippen LogP contribution in [0.15, 0.2) is 12.4 Å².